The maximum absolute atomic E-state index is 12.7. The number of benzene rings is 1. The van der Waals surface area contributed by atoms with E-state index >= 15 is 0 Å². The molecular formula is C20H21N3O8S. The molecule has 0 aromatic heterocycles. The van der Waals surface area contributed by atoms with E-state index in [1.807, 2.05) is 0 Å². The van der Waals surface area contributed by atoms with Crippen LogP contribution < -0.4 is 11.1 Å². The number of hydrogen-bond acceptors (Lipinski definition) is 9. The van der Waals surface area contributed by atoms with Crippen molar-refractivity contribution in [2.45, 2.75) is 30.8 Å². The Morgan fingerprint density at radius 1 is 1.28 bits per heavy atom. The average molecular weight is 463 g/mol. The molecule has 1 aromatic rings. The van der Waals surface area contributed by atoms with E-state index in [0.29, 0.717) is 5.56 Å². The maximum Gasteiger partial charge on any atom is 0.352 e. The van der Waals surface area contributed by atoms with E-state index in [4.69, 9.17) is 10.5 Å². The van der Waals surface area contributed by atoms with Gasteiger partial charge < -0.3 is 26.0 Å². The first-order valence-corrected chi connectivity index (χ1v) is 10.5. The largest absolute Gasteiger partial charge is 0.508 e. The minimum atomic E-state index is -1.37. The quantitative estimate of drug-likeness (QED) is 0.226. The fraction of sp³-hybridized carbons (Fsp3) is 0.350. The Bertz CT molecular complexity index is 1010. The molecule has 0 radical (unpaired) electrons. The number of ketones is 1. The zero-order chi connectivity index (χ0) is 23.6. The molecule has 0 bridgehead atoms. The van der Waals surface area contributed by atoms with Crippen molar-refractivity contribution >= 4 is 41.3 Å². The lowest BCUT2D eigenvalue weighted by Gasteiger charge is -2.49. The summed E-state index contributed by atoms with van der Waals surface area (Å²) in [6.45, 7) is 0.866. The second-order valence-corrected chi connectivity index (χ2v) is 8.37. The summed E-state index contributed by atoms with van der Waals surface area (Å²) in [5, 5.41) is 20.8. The molecule has 3 atom stereocenters. The van der Waals surface area contributed by atoms with Crippen LogP contribution in [0.5, 0.6) is 5.75 Å². The van der Waals surface area contributed by atoms with Gasteiger partial charge >= 0.3 is 11.9 Å². The number of amides is 2. The normalized spacial score (nSPS) is 20.7. The van der Waals surface area contributed by atoms with E-state index in [-0.39, 0.29) is 35.2 Å². The van der Waals surface area contributed by atoms with Gasteiger partial charge in [-0.05, 0) is 24.6 Å². The first kappa shape index (κ1) is 23.3. The van der Waals surface area contributed by atoms with Crippen LogP contribution in [-0.2, 0) is 28.7 Å². The number of nitrogens with zero attached hydrogens (tertiary/aromatic N) is 1. The standard InChI is InChI=1S/C20H21N3O8S/c1-9(24)6-13(26)31-7-11-8-32-19-15(18(28)23(19)16(11)20(29)30)22-17(27)14(21)10-2-4-12(25)5-3-10/h2-5,14-15,19,25H,6-8,21H2,1H3,(H,22,27)(H,29,30)/t14?,15-,19+/m1/s1. The number of nitrogens with two attached hydrogens (primary N) is 1. The zero-order valence-corrected chi connectivity index (χ0v) is 17.8. The van der Waals surface area contributed by atoms with Gasteiger partial charge in [-0.2, -0.15) is 0 Å². The molecule has 170 valence electrons. The Balaban J connectivity index is 1.68. The van der Waals surface area contributed by atoms with E-state index < -0.39 is 47.6 Å². The number of carbonyl (C=O) groups is 5. The van der Waals surface area contributed by atoms with E-state index in [0.717, 1.165) is 4.90 Å². The number of aromatic hydroxyl groups is 1. The topological polar surface area (TPSA) is 176 Å². The number of hydrogen-bond donors (Lipinski definition) is 4. The van der Waals surface area contributed by atoms with Crippen LogP contribution in [0.1, 0.15) is 24.9 Å². The lowest BCUT2D eigenvalue weighted by Crippen LogP contribution is -2.71. The summed E-state index contributed by atoms with van der Waals surface area (Å²) in [6.07, 6.45) is -0.427. The zero-order valence-electron chi connectivity index (χ0n) is 16.9. The molecule has 0 saturated carbocycles. The minimum Gasteiger partial charge on any atom is -0.508 e. The number of β-lactam (4-membered cyclic amide) rings is 1. The highest BCUT2D eigenvalue weighted by Crippen LogP contribution is 2.40. The number of Topliss-reactive ketones (excluding diaryl/α,β-unsaturated/α-hetero) is 1. The number of thioether (sulfide) groups is 1. The van der Waals surface area contributed by atoms with Crippen LogP contribution in [0.15, 0.2) is 35.5 Å². The summed E-state index contributed by atoms with van der Waals surface area (Å²) >= 11 is 1.21. The van der Waals surface area contributed by atoms with Gasteiger partial charge in [-0.1, -0.05) is 12.1 Å². The number of fused-ring (bicyclic) bond motifs is 1. The summed E-state index contributed by atoms with van der Waals surface area (Å²) in [5.74, 6) is -3.63. The number of carboxylic acid groups (broad SMARTS) is 1. The molecule has 1 aromatic carbocycles. The number of phenolic OH excluding ortho intramolecular Hbond substituents is 1. The fourth-order valence-electron chi connectivity index (χ4n) is 3.29. The highest BCUT2D eigenvalue weighted by molar-refractivity contribution is 8.00. The summed E-state index contributed by atoms with van der Waals surface area (Å²) < 4.78 is 4.96. The molecule has 32 heavy (non-hydrogen) atoms. The van der Waals surface area contributed by atoms with Gasteiger partial charge in [0.2, 0.25) is 5.91 Å². The van der Waals surface area contributed by atoms with E-state index in [1.165, 1.54) is 43.0 Å². The third kappa shape index (κ3) is 4.75. The number of carbonyl (C=O) groups excluding carboxylic acids is 4. The van der Waals surface area contributed by atoms with Gasteiger partial charge in [-0.15, -0.1) is 11.8 Å². The lowest BCUT2D eigenvalue weighted by molar-refractivity contribution is -0.151. The number of phenols is 1. The minimum absolute atomic E-state index is 0.0144. The monoisotopic (exact) mass is 463 g/mol. The summed E-state index contributed by atoms with van der Waals surface area (Å²) in [7, 11) is 0. The van der Waals surface area contributed by atoms with Crippen molar-refractivity contribution in [3.8, 4) is 5.75 Å². The van der Waals surface area contributed by atoms with E-state index in [1.54, 1.807) is 0 Å². The summed E-state index contributed by atoms with van der Waals surface area (Å²) in [4.78, 5) is 60.6. The molecule has 0 spiro atoms. The Morgan fingerprint density at radius 3 is 2.53 bits per heavy atom. The van der Waals surface area contributed by atoms with Crippen LogP contribution in [0.3, 0.4) is 0 Å². The second kappa shape index (κ2) is 9.40. The van der Waals surface area contributed by atoms with Gasteiger partial charge in [-0.3, -0.25) is 24.1 Å². The van der Waals surface area contributed by atoms with Gasteiger partial charge in [0, 0.05) is 11.3 Å². The fourth-order valence-corrected chi connectivity index (χ4v) is 4.62. The van der Waals surface area contributed by atoms with Crippen LogP contribution >= 0.6 is 11.8 Å². The van der Waals surface area contributed by atoms with Gasteiger partial charge in [0.15, 0.2) is 0 Å². The Labute approximate surface area is 186 Å². The van der Waals surface area contributed by atoms with Crippen LogP contribution in [-0.4, -0.2) is 68.4 Å². The lowest BCUT2D eigenvalue weighted by atomic mass is 10.0. The van der Waals surface area contributed by atoms with Crippen LogP contribution in [0.2, 0.25) is 0 Å². The van der Waals surface area contributed by atoms with Crippen LogP contribution in [0, 0.1) is 0 Å². The molecule has 2 aliphatic rings. The Hall–Kier alpha value is -3.38. The van der Waals surface area contributed by atoms with Gasteiger partial charge in [0.1, 0.15) is 47.7 Å². The number of aliphatic carboxylic acids is 1. The van der Waals surface area contributed by atoms with Crippen molar-refractivity contribution < 1.29 is 38.9 Å². The maximum atomic E-state index is 12.7. The van der Waals surface area contributed by atoms with Crippen molar-refractivity contribution in [1.82, 2.24) is 10.2 Å². The predicted octanol–water partition coefficient (Wildman–Crippen LogP) is -0.347. The van der Waals surface area contributed by atoms with Crippen molar-refractivity contribution in [2.75, 3.05) is 12.4 Å². The molecule has 2 amide bonds. The molecule has 1 fully saturated rings. The highest BCUT2D eigenvalue weighted by Gasteiger charge is 2.54. The van der Waals surface area contributed by atoms with Crippen molar-refractivity contribution in [2.24, 2.45) is 5.73 Å². The second-order valence-electron chi connectivity index (χ2n) is 7.26. The highest BCUT2D eigenvalue weighted by atomic mass is 32.2. The number of carboxylic acids is 1. The molecule has 3 rings (SSSR count). The third-order valence-corrected chi connectivity index (χ3v) is 6.22. The van der Waals surface area contributed by atoms with Gasteiger partial charge in [-0.25, -0.2) is 4.79 Å². The van der Waals surface area contributed by atoms with Crippen LogP contribution in [0.4, 0.5) is 0 Å². The van der Waals surface area contributed by atoms with Gasteiger partial charge in [0.05, 0.1) is 0 Å². The Kier molecular flexibility index (Phi) is 6.84. The molecule has 2 aliphatic heterocycles. The molecule has 1 saturated heterocycles. The van der Waals surface area contributed by atoms with Crippen LogP contribution in [0.25, 0.3) is 0 Å². The number of esters is 1. The first-order valence-electron chi connectivity index (χ1n) is 9.50. The van der Waals surface area contributed by atoms with E-state index in [9.17, 15) is 34.2 Å². The SMILES string of the molecule is CC(=O)CC(=O)OCC1=C(C(=O)O)N2C(=O)[C@@H](NC(=O)C(N)c3ccc(O)cc3)[C@@H]2SC1. The average Bonchev–Trinajstić information content (AvgIpc) is 2.74. The number of ether oxygens (including phenoxy) is 1. The number of nitrogens with one attached hydrogen (secondary N) is 1. The molecule has 1 unspecified atom stereocenters. The molecule has 0 aliphatic carbocycles. The summed E-state index contributed by atoms with van der Waals surface area (Å²) in [5.41, 5.74) is 6.27. The number of rotatable bonds is 8. The Morgan fingerprint density at radius 2 is 1.94 bits per heavy atom. The van der Waals surface area contributed by atoms with Gasteiger partial charge in [0.25, 0.3) is 5.91 Å². The molecular weight excluding hydrogens is 442 g/mol. The van der Waals surface area contributed by atoms with E-state index in [2.05, 4.69) is 5.32 Å². The molecule has 2 heterocycles. The third-order valence-electron chi connectivity index (χ3n) is 4.88. The molecule has 11 nitrogen and oxygen atoms in total. The van der Waals surface area contributed by atoms with Crippen molar-refractivity contribution in [3.05, 3.63) is 41.1 Å². The first-order chi connectivity index (χ1) is 15.1. The predicted molar refractivity (Wildman–Crippen MR) is 111 cm³/mol. The van der Waals surface area contributed by atoms with Crippen molar-refractivity contribution in [1.29, 1.82) is 0 Å². The van der Waals surface area contributed by atoms with Crippen molar-refractivity contribution in [3.63, 3.8) is 0 Å². The molecule has 12 heteroatoms. The summed E-state index contributed by atoms with van der Waals surface area (Å²) in [6, 6.07) is 3.67. The smallest absolute Gasteiger partial charge is 0.352 e. The molecule has 5 N–H and O–H groups in total.